The molecular weight excluding hydrogens is 386 g/mol. The molecule has 0 atom stereocenters. The van der Waals surface area contributed by atoms with Crippen LogP contribution in [-0.2, 0) is 16.6 Å². The van der Waals surface area contributed by atoms with Crippen molar-refractivity contribution in [1.82, 2.24) is 25.2 Å². The Hall–Kier alpha value is -3.07. The first-order valence-corrected chi connectivity index (χ1v) is 10.7. The number of hydrogen-bond donors (Lipinski definition) is 3. The van der Waals surface area contributed by atoms with Gasteiger partial charge in [-0.3, -0.25) is 10.1 Å². The van der Waals surface area contributed by atoms with E-state index in [0.717, 1.165) is 22.1 Å². The van der Waals surface area contributed by atoms with Gasteiger partial charge in [-0.15, -0.1) is 0 Å². The van der Waals surface area contributed by atoms with Crippen molar-refractivity contribution in [3.8, 4) is 11.1 Å². The molecule has 0 radical (unpaired) electrons. The maximum Gasteiger partial charge on any atom is 0.240 e. The largest absolute Gasteiger partial charge is 0.311 e. The first kappa shape index (κ1) is 19.3. The Labute approximate surface area is 169 Å². The fourth-order valence-corrected chi connectivity index (χ4v) is 4.08. The number of H-pyrrole nitrogens is 1. The summed E-state index contributed by atoms with van der Waals surface area (Å²) in [5, 5.41) is 10.8. The van der Waals surface area contributed by atoms with Crippen LogP contribution in [0, 0.1) is 0 Å². The maximum atomic E-state index is 12.4. The van der Waals surface area contributed by atoms with E-state index in [0.29, 0.717) is 25.2 Å². The molecule has 3 N–H and O–H groups in total. The van der Waals surface area contributed by atoms with Crippen molar-refractivity contribution in [3.05, 3.63) is 78.8 Å². The summed E-state index contributed by atoms with van der Waals surface area (Å²) in [7, 11) is -3.55. The molecule has 2 aromatic carbocycles. The average Bonchev–Trinajstić information content (AvgIpc) is 3.22. The number of sulfonamides is 1. The zero-order valence-corrected chi connectivity index (χ0v) is 16.5. The van der Waals surface area contributed by atoms with Crippen molar-refractivity contribution in [2.45, 2.75) is 11.4 Å². The van der Waals surface area contributed by atoms with Crippen LogP contribution in [0.5, 0.6) is 0 Å². The average molecular weight is 407 g/mol. The number of fused-ring (bicyclic) bond motifs is 1. The van der Waals surface area contributed by atoms with Crippen LogP contribution in [0.2, 0.25) is 0 Å². The van der Waals surface area contributed by atoms with Gasteiger partial charge in [0.2, 0.25) is 10.0 Å². The maximum absolute atomic E-state index is 12.4. The lowest BCUT2D eigenvalue weighted by Gasteiger charge is -2.09. The molecule has 4 rings (SSSR count). The second-order valence-corrected chi connectivity index (χ2v) is 8.40. The van der Waals surface area contributed by atoms with Crippen LogP contribution >= 0.6 is 0 Å². The van der Waals surface area contributed by atoms with Crippen LogP contribution in [-0.4, -0.2) is 36.7 Å². The number of nitrogens with one attached hydrogen (secondary N) is 3. The van der Waals surface area contributed by atoms with Gasteiger partial charge in [-0.25, -0.2) is 13.1 Å². The van der Waals surface area contributed by atoms with Gasteiger partial charge in [0.1, 0.15) is 0 Å². The van der Waals surface area contributed by atoms with Gasteiger partial charge in [0.15, 0.2) is 0 Å². The molecule has 7 nitrogen and oxygen atoms in total. The third-order valence-corrected chi connectivity index (χ3v) is 6.05. The molecule has 2 aromatic heterocycles. The molecule has 29 heavy (non-hydrogen) atoms. The van der Waals surface area contributed by atoms with Gasteiger partial charge in [-0.1, -0.05) is 30.3 Å². The number of aromatic amines is 1. The van der Waals surface area contributed by atoms with E-state index >= 15 is 0 Å². The Balaban J connectivity index is 1.26. The number of benzene rings is 2. The van der Waals surface area contributed by atoms with Gasteiger partial charge in [-0.05, 0) is 41.0 Å². The molecule has 0 unspecified atom stereocenters. The highest BCUT2D eigenvalue weighted by atomic mass is 32.2. The monoisotopic (exact) mass is 407 g/mol. The van der Waals surface area contributed by atoms with E-state index in [1.807, 2.05) is 18.3 Å². The molecule has 8 heteroatoms. The summed E-state index contributed by atoms with van der Waals surface area (Å²) in [4.78, 5) is 4.36. The fourth-order valence-electron chi connectivity index (χ4n) is 3.02. The third kappa shape index (κ3) is 4.68. The predicted octanol–water partition coefficient (Wildman–Crippen LogP) is 2.69. The molecule has 4 aromatic rings. The summed E-state index contributed by atoms with van der Waals surface area (Å²) >= 11 is 0. The molecule has 0 aliphatic heterocycles. The molecule has 0 saturated heterocycles. The molecule has 0 amide bonds. The first-order valence-electron chi connectivity index (χ1n) is 9.25. The Morgan fingerprint density at radius 3 is 2.59 bits per heavy atom. The third-order valence-electron chi connectivity index (χ3n) is 4.60. The molecule has 0 spiro atoms. The Kier molecular flexibility index (Phi) is 5.66. The van der Waals surface area contributed by atoms with Crippen LogP contribution in [0.4, 0.5) is 0 Å². The summed E-state index contributed by atoms with van der Waals surface area (Å²) in [5.41, 5.74) is 4.02. The summed E-state index contributed by atoms with van der Waals surface area (Å²) in [6.07, 6.45) is 5.25. The highest BCUT2D eigenvalue weighted by Gasteiger charge is 2.14. The quantitative estimate of drug-likeness (QED) is 0.390. The second kappa shape index (κ2) is 8.52. The SMILES string of the molecule is O=S(=O)(NCCNCc1ccc(-c2cccnc2)cc1)c1ccc2cn[nH]c2c1. The van der Waals surface area contributed by atoms with E-state index in [1.54, 1.807) is 30.6 Å². The minimum absolute atomic E-state index is 0.222. The smallest absolute Gasteiger partial charge is 0.240 e. The summed E-state index contributed by atoms with van der Waals surface area (Å²) in [6.45, 7) is 1.49. The summed E-state index contributed by atoms with van der Waals surface area (Å²) < 4.78 is 27.5. The Morgan fingerprint density at radius 1 is 0.931 bits per heavy atom. The highest BCUT2D eigenvalue weighted by molar-refractivity contribution is 7.89. The van der Waals surface area contributed by atoms with Crippen LogP contribution in [0.15, 0.2) is 78.1 Å². The molecule has 0 aliphatic carbocycles. The molecule has 2 heterocycles. The number of pyridine rings is 1. The molecular formula is C21H21N5O2S. The van der Waals surface area contributed by atoms with Crippen LogP contribution in [0.25, 0.3) is 22.0 Å². The van der Waals surface area contributed by atoms with Gasteiger partial charge >= 0.3 is 0 Å². The lowest BCUT2D eigenvalue weighted by molar-refractivity contribution is 0.576. The Morgan fingerprint density at radius 2 is 1.79 bits per heavy atom. The predicted molar refractivity (Wildman–Crippen MR) is 113 cm³/mol. The van der Waals surface area contributed by atoms with Crippen molar-refractivity contribution < 1.29 is 8.42 Å². The standard InChI is InChI=1S/C21H21N5O2S/c27-29(28,20-8-7-19-15-24-26-21(19)12-20)25-11-10-23-13-16-3-5-17(6-4-16)18-2-1-9-22-14-18/h1-9,12,14-15,23,25H,10-11,13H2,(H,24,26). The van der Waals surface area contributed by atoms with Gasteiger partial charge in [0.25, 0.3) is 0 Å². The van der Waals surface area contributed by atoms with Crippen molar-refractivity contribution >= 4 is 20.9 Å². The van der Waals surface area contributed by atoms with Crippen LogP contribution in [0.1, 0.15) is 5.56 Å². The number of hydrogen-bond acceptors (Lipinski definition) is 5. The van der Waals surface area contributed by atoms with E-state index < -0.39 is 10.0 Å². The summed E-state index contributed by atoms with van der Waals surface area (Å²) in [6, 6.07) is 17.1. The molecule has 148 valence electrons. The molecule has 0 fully saturated rings. The molecule has 0 aliphatic rings. The van der Waals surface area contributed by atoms with Gasteiger partial charge in [0, 0.05) is 37.4 Å². The van der Waals surface area contributed by atoms with E-state index in [-0.39, 0.29) is 4.90 Å². The van der Waals surface area contributed by atoms with E-state index in [4.69, 9.17) is 0 Å². The normalized spacial score (nSPS) is 11.7. The van der Waals surface area contributed by atoms with Crippen LogP contribution < -0.4 is 10.0 Å². The number of aromatic nitrogens is 3. The number of rotatable bonds is 8. The van der Waals surface area contributed by atoms with E-state index in [1.165, 1.54) is 0 Å². The van der Waals surface area contributed by atoms with E-state index in [2.05, 4.69) is 49.5 Å². The minimum Gasteiger partial charge on any atom is -0.311 e. The van der Waals surface area contributed by atoms with Gasteiger partial charge < -0.3 is 5.32 Å². The van der Waals surface area contributed by atoms with Crippen molar-refractivity contribution in [2.24, 2.45) is 0 Å². The van der Waals surface area contributed by atoms with Crippen molar-refractivity contribution in [3.63, 3.8) is 0 Å². The number of nitrogens with zero attached hydrogens (tertiary/aromatic N) is 2. The first-order chi connectivity index (χ1) is 14.1. The molecule has 0 saturated carbocycles. The van der Waals surface area contributed by atoms with Crippen molar-refractivity contribution in [1.29, 1.82) is 0 Å². The zero-order chi connectivity index (χ0) is 20.1. The van der Waals surface area contributed by atoms with Gasteiger partial charge in [-0.2, -0.15) is 5.10 Å². The van der Waals surface area contributed by atoms with Crippen LogP contribution in [0.3, 0.4) is 0 Å². The van der Waals surface area contributed by atoms with Crippen molar-refractivity contribution in [2.75, 3.05) is 13.1 Å². The highest BCUT2D eigenvalue weighted by Crippen LogP contribution is 2.18. The molecule has 0 bridgehead atoms. The lowest BCUT2D eigenvalue weighted by Crippen LogP contribution is -2.31. The minimum atomic E-state index is -3.55. The Bertz CT molecular complexity index is 1190. The fraction of sp³-hybridized carbons (Fsp3) is 0.143. The van der Waals surface area contributed by atoms with Gasteiger partial charge in [0.05, 0.1) is 16.6 Å². The summed E-state index contributed by atoms with van der Waals surface area (Å²) in [5.74, 6) is 0. The topological polar surface area (TPSA) is 99.8 Å². The zero-order valence-electron chi connectivity index (χ0n) is 15.7. The lowest BCUT2D eigenvalue weighted by atomic mass is 10.1. The van der Waals surface area contributed by atoms with E-state index in [9.17, 15) is 8.42 Å². The second-order valence-electron chi connectivity index (χ2n) is 6.63.